The monoisotopic (exact) mass is 417 g/mol. The maximum Gasteiger partial charge on any atom is 0.337 e. The van der Waals surface area contributed by atoms with E-state index in [0.29, 0.717) is 12.0 Å². The van der Waals surface area contributed by atoms with Crippen LogP contribution in [0.25, 0.3) is 0 Å². The average Bonchev–Trinajstić information content (AvgIpc) is 2.72. The summed E-state index contributed by atoms with van der Waals surface area (Å²) in [6.07, 6.45) is 8.00. The number of amides is 1. The Balaban J connectivity index is 1.32. The highest BCUT2D eigenvalue weighted by Gasteiger charge is 2.58. The molecule has 2 unspecified atom stereocenters. The van der Waals surface area contributed by atoms with E-state index in [1.807, 2.05) is 0 Å². The van der Waals surface area contributed by atoms with E-state index in [1.165, 1.54) is 50.3 Å². The van der Waals surface area contributed by atoms with Crippen LogP contribution in [0, 0.1) is 24.2 Å². The van der Waals surface area contributed by atoms with Crippen molar-refractivity contribution >= 4 is 17.6 Å². The standard InChI is InChI=1S/C27H31NO3/c1-18-3-7-22(8-4-18)27-14-19-11-20(15-27)13-26(12-19,17-27)16-24(29)28-23-9-5-21(6-10-23)25(30)31-2/h3-10,19-20H,11-17H2,1-2H3,(H,28,29). The van der Waals surface area contributed by atoms with Crippen LogP contribution in [0.4, 0.5) is 5.69 Å². The van der Waals surface area contributed by atoms with Gasteiger partial charge in [0.1, 0.15) is 0 Å². The Morgan fingerprint density at radius 3 is 2.23 bits per heavy atom. The SMILES string of the molecule is COC(=O)c1ccc(NC(=O)CC23CC4CC(C2)CC(c2ccc(C)cc2)(C4)C3)cc1. The minimum absolute atomic E-state index is 0.0897. The first kappa shape index (κ1) is 20.3. The molecule has 0 saturated heterocycles. The quantitative estimate of drug-likeness (QED) is 0.640. The van der Waals surface area contributed by atoms with Crippen LogP contribution in [0.5, 0.6) is 0 Å². The van der Waals surface area contributed by atoms with E-state index in [4.69, 9.17) is 4.74 Å². The van der Waals surface area contributed by atoms with Gasteiger partial charge in [0.2, 0.25) is 5.91 Å². The third-order valence-electron chi connectivity index (χ3n) is 7.97. The van der Waals surface area contributed by atoms with Crippen LogP contribution in [0.15, 0.2) is 48.5 Å². The first-order valence-electron chi connectivity index (χ1n) is 11.4. The van der Waals surface area contributed by atoms with E-state index in [1.54, 1.807) is 24.3 Å². The van der Waals surface area contributed by atoms with Crippen molar-refractivity contribution < 1.29 is 14.3 Å². The van der Waals surface area contributed by atoms with Crippen molar-refractivity contribution in [3.05, 3.63) is 65.2 Å². The summed E-state index contributed by atoms with van der Waals surface area (Å²) in [7, 11) is 1.37. The summed E-state index contributed by atoms with van der Waals surface area (Å²) < 4.78 is 4.74. The first-order chi connectivity index (χ1) is 14.9. The molecule has 0 aromatic heterocycles. The number of carbonyl (C=O) groups is 2. The maximum absolute atomic E-state index is 13.1. The Labute approximate surface area is 184 Å². The van der Waals surface area contributed by atoms with Crippen LogP contribution in [0.1, 0.15) is 66.4 Å². The molecule has 0 heterocycles. The molecule has 1 N–H and O–H groups in total. The van der Waals surface area contributed by atoms with Gasteiger partial charge in [0.25, 0.3) is 0 Å². The number of esters is 1. The normalized spacial score (nSPS) is 30.8. The van der Waals surface area contributed by atoms with Crippen molar-refractivity contribution in [1.82, 2.24) is 0 Å². The van der Waals surface area contributed by atoms with Crippen LogP contribution >= 0.6 is 0 Å². The van der Waals surface area contributed by atoms with Gasteiger partial charge in [-0.3, -0.25) is 4.79 Å². The Bertz CT molecular complexity index is 978. The molecule has 31 heavy (non-hydrogen) atoms. The van der Waals surface area contributed by atoms with E-state index >= 15 is 0 Å². The van der Waals surface area contributed by atoms with Gasteiger partial charge in [-0.15, -0.1) is 0 Å². The highest BCUT2D eigenvalue weighted by Crippen LogP contribution is 2.66. The number of methoxy groups -OCH3 is 1. The third kappa shape index (κ3) is 3.77. The summed E-state index contributed by atoms with van der Waals surface area (Å²) in [6.45, 7) is 2.15. The van der Waals surface area contributed by atoms with Crippen molar-refractivity contribution in [1.29, 1.82) is 0 Å². The minimum atomic E-state index is -0.368. The van der Waals surface area contributed by atoms with Gasteiger partial charge in [0, 0.05) is 12.1 Å². The zero-order valence-corrected chi connectivity index (χ0v) is 18.4. The zero-order chi connectivity index (χ0) is 21.6. The molecule has 2 aromatic rings. The number of nitrogens with one attached hydrogen (secondary N) is 1. The van der Waals surface area contributed by atoms with Crippen molar-refractivity contribution in [2.45, 2.75) is 57.3 Å². The van der Waals surface area contributed by atoms with Crippen molar-refractivity contribution in [3.63, 3.8) is 0 Å². The van der Waals surface area contributed by atoms with Crippen LogP contribution in [0.3, 0.4) is 0 Å². The molecular formula is C27H31NO3. The van der Waals surface area contributed by atoms with Crippen molar-refractivity contribution in [3.8, 4) is 0 Å². The molecule has 4 aliphatic carbocycles. The Morgan fingerprint density at radius 2 is 1.61 bits per heavy atom. The summed E-state index contributed by atoms with van der Waals surface area (Å²) in [4.78, 5) is 24.7. The molecule has 0 radical (unpaired) electrons. The Kier molecular flexibility index (Phi) is 4.91. The summed E-state index contributed by atoms with van der Waals surface area (Å²) >= 11 is 0. The molecule has 2 atom stereocenters. The second kappa shape index (κ2) is 7.51. The number of hydrogen-bond donors (Lipinski definition) is 1. The molecule has 4 bridgehead atoms. The van der Waals surface area contributed by atoms with Gasteiger partial charge in [0.15, 0.2) is 0 Å². The fraction of sp³-hybridized carbons (Fsp3) is 0.481. The topological polar surface area (TPSA) is 55.4 Å². The van der Waals surface area contributed by atoms with Gasteiger partial charge >= 0.3 is 5.97 Å². The molecule has 6 rings (SSSR count). The van der Waals surface area contributed by atoms with E-state index in [-0.39, 0.29) is 22.7 Å². The number of hydrogen-bond acceptors (Lipinski definition) is 3. The fourth-order valence-electron chi connectivity index (χ4n) is 7.26. The van der Waals surface area contributed by atoms with Crippen LogP contribution < -0.4 is 5.32 Å². The van der Waals surface area contributed by atoms with Crippen molar-refractivity contribution in [2.75, 3.05) is 12.4 Å². The lowest BCUT2D eigenvalue weighted by Crippen LogP contribution is -2.54. The van der Waals surface area contributed by atoms with Gasteiger partial charge in [-0.05, 0) is 97.9 Å². The number of rotatable bonds is 5. The van der Waals surface area contributed by atoms with Crippen LogP contribution in [-0.2, 0) is 14.9 Å². The highest BCUT2D eigenvalue weighted by molar-refractivity contribution is 5.93. The molecule has 4 nitrogen and oxygen atoms in total. The van der Waals surface area contributed by atoms with E-state index in [0.717, 1.165) is 23.9 Å². The number of aryl methyl sites for hydroxylation is 1. The lowest BCUT2D eigenvalue weighted by atomic mass is 9.42. The van der Waals surface area contributed by atoms with Crippen molar-refractivity contribution in [2.24, 2.45) is 17.3 Å². The van der Waals surface area contributed by atoms with E-state index in [9.17, 15) is 9.59 Å². The van der Waals surface area contributed by atoms with E-state index in [2.05, 4.69) is 36.5 Å². The van der Waals surface area contributed by atoms with Gasteiger partial charge in [0.05, 0.1) is 12.7 Å². The molecule has 0 spiro atoms. The summed E-state index contributed by atoms with van der Waals surface area (Å²) in [5, 5.41) is 3.07. The lowest BCUT2D eigenvalue weighted by Gasteiger charge is -2.62. The largest absolute Gasteiger partial charge is 0.465 e. The molecule has 2 aromatic carbocycles. The Morgan fingerprint density at radius 1 is 0.968 bits per heavy atom. The number of anilines is 1. The highest BCUT2D eigenvalue weighted by atomic mass is 16.5. The van der Waals surface area contributed by atoms with Gasteiger partial charge in [-0.1, -0.05) is 29.8 Å². The fourth-order valence-corrected chi connectivity index (χ4v) is 7.26. The maximum atomic E-state index is 13.1. The number of carbonyl (C=O) groups excluding carboxylic acids is 2. The average molecular weight is 418 g/mol. The first-order valence-corrected chi connectivity index (χ1v) is 11.4. The van der Waals surface area contributed by atoms with Crippen LogP contribution in [0.2, 0.25) is 0 Å². The number of ether oxygens (including phenoxy) is 1. The molecule has 162 valence electrons. The van der Waals surface area contributed by atoms with Crippen LogP contribution in [-0.4, -0.2) is 19.0 Å². The number of benzene rings is 2. The minimum Gasteiger partial charge on any atom is -0.465 e. The molecule has 4 saturated carbocycles. The second-order valence-electron chi connectivity index (χ2n) is 10.4. The summed E-state index contributed by atoms with van der Waals surface area (Å²) in [5.41, 5.74) is 4.37. The summed E-state index contributed by atoms with van der Waals surface area (Å²) in [6, 6.07) is 16.1. The predicted octanol–water partition coefficient (Wildman–Crippen LogP) is 5.65. The zero-order valence-electron chi connectivity index (χ0n) is 18.4. The smallest absolute Gasteiger partial charge is 0.337 e. The second-order valence-corrected chi connectivity index (χ2v) is 10.4. The molecule has 4 heteroatoms. The lowest BCUT2D eigenvalue weighted by molar-refractivity contribution is -0.126. The molecule has 0 aliphatic heterocycles. The molecule has 4 aliphatic rings. The molecule has 1 amide bonds. The van der Waals surface area contributed by atoms with E-state index < -0.39 is 0 Å². The third-order valence-corrected chi connectivity index (χ3v) is 7.97. The Hall–Kier alpha value is -2.62. The summed E-state index contributed by atoms with van der Waals surface area (Å²) in [5.74, 6) is 1.21. The van der Waals surface area contributed by atoms with Gasteiger partial charge in [-0.2, -0.15) is 0 Å². The predicted molar refractivity (Wildman–Crippen MR) is 121 cm³/mol. The molecule has 4 fully saturated rings. The van der Waals surface area contributed by atoms with Gasteiger partial charge < -0.3 is 10.1 Å². The van der Waals surface area contributed by atoms with Gasteiger partial charge in [-0.25, -0.2) is 4.79 Å². The molecular weight excluding hydrogens is 386 g/mol.